The highest BCUT2D eigenvalue weighted by atomic mass is 16.6. The summed E-state index contributed by atoms with van der Waals surface area (Å²) in [5, 5.41) is 21.0. The van der Waals surface area contributed by atoms with Crippen molar-refractivity contribution in [2.24, 2.45) is 22.7 Å². The van der Waals surface area contributed by atoms with Crippen LogP contribution < -0.4 is 0 Å². The third-order valence-electron chi connectivity index (χ3n) is 7.27. The minimum Gasteiger partial charge on any atom is -0.459 e. The predicted molar refractivity (Wildman–Crippen MR) is 102 cm³/mol. The molecule has 0 aromatic heterocycles. The van der Waals surface area contributed by atoms with Crippen molar-refractivity contribution in [1.29, 1.82) is 0 Å². The lowest BCUT2D eigenvalue weighted by Gasteiger charge is -2.39. The fraction of sp³-hybridized carbons (Fsp3) is 0.727. The van der Waals surface area contributed by atoms with E-state index in [-0.39, 0.29) is 35.1 Å². The van der Waals surface area contributed by atoms with Crippen LogP contribution in [0.5, 0.6) is 0 Å². The van der Waals surface area contributed by atoms with Gasteiger partial charge >= 0.3 is 5.97 Å². The monoisotopic (exact) mass is 376 g/mol. The molecule has 0 aliphatic heterocycles. The molecule has 3 rings (SSSR count). The maximum absolute atomic E-state index is 12.4. The highest BCUT2D eigenvalue weighted by Crippen LogP contribution is 2.60. The molecule has 0 unspecified atom stereocenters. The smallest absolute Gasteiger partial charge is 0.303 e. The lowest BCUT2D eigenvalue weighted by Crippen LogP contribution is -2.38. The molecule has 1 fully saturated rings. The summed E-state index contributed by atoms with van der Waals surface area (Å²) in [7, 11) is 0. The van der Waals surface area contributed by atoms with Crippen LogP contribution in [0.25, 0.3) is 0 Å². The molecule has 1 saturated carbocycles. The summed E-state index contributed by atoms with van der Waals surface area (Å²) in [6, 6.07) is 0. The van der Waals surface area contributed by atoms with E-state index in [9.17, 15) is 19.8 Å². The molecule has 5 heteroatoms. The van der Waals surface area contributed by atoms with Crippen molar-refractivity contribution in [3.8, 4) is 0 Å². The molecule has 0 radical (unpaired) electrons. The van der Waals surface area contributed by atoms with Crippen molar-refractivity contribution < 1.29 is 24.5 Å². The number of allylic oxidation sites excluding steroid dienone is 2. The molecule has 0 amide bonds. The number of rotatable bonds is 3. The zero-order valence-corrected chi connectivity index (χ0v) is 17.0. The molecule has 5 atom stereocenters. The number of ketones is 1. The van der Waals surface area contributed by atoms with E-state index in [1.807, 2.05) is 6.08 Å². The maximum atomic E-state index is 12.4. The quantitative estimate of drug-likeness (QED) is 0.740. The molecule has 27 heavy (non-hydrogen) atoms. The molecule has 0 aromatic carbocycles. The molecular formula is C22H32O5. The molecular weight excluding hydrogens is 344 g/mol. The van der Waals surface area contributed by atoms with Crippen LogP contribution >= 0.6 is 0 Å². The predicted octanol–water partition coefficient (Wildman–Crippen LogP) is 2.95. The van der Waals surface area contributed by atoms with Gasteiger partial charge in [0.2, 0.25) is 0 Å². The van der Waals surface area contributed by atoms with E-state index in [4.69, 9.17) is 4.74 Å². The van der Waals surface area contributed by atoms with Gasteiger partial charge in [0.05, 0.1) is 6.61 Å². The number of aliphatic hydroxyl groups is 2. The van der Waals surface area contributed by atoms with Gasteiger partial charge in [-0.2, -0.15) is 0 Å². The standard InChI is InChI=1S/C22H32O5/c1-12(2)18-20(27-13(3)24)19(26)16-10-15-14(11-23)17(25)6-7-21(15,4)8-9-22(16,18)5/h10,12,18-20,23,26H,6-9,11H2,1-5H3/t18-,19-,20-,21-,22-/m0/s1. The van der Waals surface area contributed by atoms with Crippen molar-refractivity contribution in [3.63, 3.8) is 0 Å². The van der Waals surface area contributed by atoms with Crippen LogP contribution in [-0.4, -0.2) is 40.8 Å². The molecule has 0 bridgehead atoms. The summed E-state index contributed by atoms with van der Waals surface area (Å²) in [5.41, 5.74) is 1.69. The van der Waals surface area contributed by atoms with Gasteiger partial charge in [-0.1, -0.05) is 33.8 Å². The summed E-state index contributed by atoms with van der Waals surface area (Å²) in [6.45, 7) is 9.61. The van der Waals surface area contributed by atoms with E-state index in [0.29, 0.717) is 12.0 Å². The lowest BCUT2D eigenvalue weighted by molar-refractivity contribution is -0.155. The topological polar surface area (TPSA) is 83.8 Å². The van der Waals surface area contributed by atoms with Crippen molar-refractivity contribution in [3.05, 3.63) is 22.8 Å². The first kappa shape index (κ1) is 20.3. The normalized spacial score (nSPS) is 39.0. The molecule has 3 aliphatic carbocycles. The number of esters is 1. The molecule has 0 spiro atoms. The Bertz CT molecular complexity index is 718. The average Bonchev–Trinajstić information content (AvgIpc) is 2.70. The number of carbonyl (C=O) groups excluding carboxylic acids is 2. The second-order valence-corrected chi connectivity index (χ2v) is 9.34. The van der Waals surface area contributed by atoms with Crippen molar-refractivity contribution >= 4 is 11.8 Å². The number of ether oxygens (including phenoxy) is 1. The highest BCUT2D eigenvalue weighted by molar-refractivity contribution is 5.98. The van der Waals surface area contributed by atoms with Gasteiger partial charge in [-0.15, -0.1) is 0 Å². The van der Waals surface area contributed by atoms with Gasteiger partial charge in [-0.3, -0.25) is 9.59 Å². The average molecular weight is 376 g/mol. The molecule has 3 aliphatic rings. The van der Waals surface area contributed by atoms with Crippen molar-refractivity contribution in [2.75, 3.05) is 6.61 Å². The van der Waals surface area contributed by atoms with Gasteiger partial charge in [-0.05, 0) is 47.2 Å². The molecule has 0 aromatic rings. The maximum Gasteiger partial charge on any atom is 0.303 e. The Morgan fingerprint density at radius 1 is 1.30 bits per heavy atom. The third-order valence-corrected chi connectivity index (χ3v) is 7.27. The minimum absolute atomic E-state index is 0.000260. The molecule has 5 nitrogen and oxygen atoms in total. The number of fused-ring (bicyclic) bond motifs is 2. The molecule has 0 heterocycles. The van der Waals surface area contributed by atoms with Crippen molar-refractivity contribution in [2.45, 2.75) is 72.5 Å². The van der Waals surface area contributed by atoms with E-state index in [2.05, 4.69) is 27.7 Å². The molecule has 2 N–H and O–H groups in total. The molecule has 0 saturated heterocycles. The summed E-state index contributed by atoms with van der Waals surface area (Å²) in [6.07, 6.45) is 3.43. The second kappa shape index (κ2) is 6.85. The Morgan fingerprint density at radius 2 is 1.96 bits per heavy atom. The zero-order valence-electron chi connectivity index (χ0n) is 17.0. The van der Waals surface area contributed by atoms with Crippen LogP contribution in [0, 0.1) is 22.7 Å². The van der Waals surface area contributed by atoms with Gasteiger partial charge in [-0.25, -0.2) is 0 Å². The Kier molecular flexibility index (Phi) is 5.15. The van der Waals surface area contributed by atoms with Crippen molar-refractivity contribution in [1.82, 2.24) is 0 Å². The van der Waals surface area contributed by atoms with E-state index in [0.717, 1.165) is 30.4 Å². The van der Waals surface area contributed by atoms with E-state index in [1.54, 1.807) is 0 Å². The number of hydrogen-bond acceptors (Lipinski definition) is 5. The Hall–Kier alpha value is -1.46. The van der Waals surface area contributed by atoms with Gasteiger partial charge in [0, 0.05) is 24.8 Å². The first-order chi connectivity index (χ1) is 12.5. The Morgan fingerprint density at radius 3 is 2.52 bits per heavy atom. The van der Waals surface area contributed by atoms with Crippen LogP contribution in [-0.2, 0) is 14.3 Å². The summed E-state index contributed by atoms with van der Waals surface area (Å²) >= 11 is 0. The third kappa shape index (κ3) is 3.09. The van der Waals surface area contributed by atoms with Crippen LogP contribution in [0.3, 0.4) is 0 Å². The fourth-order valence-electron chi connectivity index (χ4n) is 5.85. The van der Waals surface area contributed by atoms with Crippen LogP contribution in [0.4, 0.5) is 0 Å². The van der Waals surface area contributed by atoms with Crippen LogP contribution in [0.2, 0.25) is 0 Å². The van der Waals surface area contributed by atoms with Gasteiger partial charge < -0.3 is 14.9 Å². The van der Waals surface area contributed by atoms with E-state index >= 15 is 0 Å². The minimum atomic E-state index is -0.891. The van der Waals surface area contributed by atoms with E-state index < -0.39 is 18.2 Å². The Labute approximate surface area is 161 Å². The second-order valence-electron chi connectivity index (χ2n) is 9.34. The largest absolute Gasteiger partial charge is 0.459 e. The number of aliphatic hydroxyl groups excluding tert-OH is 2. The fourth-order valence-corrected chi connectivity index (χ4v) is 5.85. The first-order valence-corrected chi connectivity index (χ1v) is 10.00. The first-order valence-electron chi connectivity index (χ1n) is 10.00. The Balaban J connectivity index is 2.19. The lowest BCUT2D eigenvalue weighted by atomic mass is 9.65. The van der Waals surface area contributed by atoms with Gasteiger partial charge in [0.15, 0.2) is 5.78 Å². The summed E-state index contributed by atoms with van der Waals surface area (Å²) in [4.78, 5) is 24.1. The molecule has 150 valence electrons. The van der Waals surface area contributed by atoms with Crippen LogP contribution in [0.15, 0.2) is 22.8 Å². The summed E-state index contributed by atoms with van der Waals surface area (Å²) < 4.78 is 5.57. The van der Waals surface area contributed by atoms with E-state index in [1.165, 1.54) is 6.92 Å². The number of Topliss-reactive ketones (excluding diaryl/α,β-unsaturated/α-hetero) is 1. The van der Waals surface area contributed by atoms with Gasteiger partial charge in [0.1, 0.15) is 12.2 Å². The zero-order chi connectivity index (χ0) is 20.1. The van der Waals surface area contributed by atoms with Crippen LogP contribution in [0.1, 0.15) is 60.3 Å². The number of carbonyl (C=O) groups is 2. The SMILES string of the molecule is CC(=O)O[C@@H]1[C@@H](O)C2=CC3=C(CO)C(=O)CC[C@@]3(C)CC[C@]2(C)[C@H]1C(C)C. The summed E-state index contributed by atoms with van der Waals surface area (Å²) in [5.74, 6) is -0.172. The number of hydrogen-bond donors (Lipinski definition) is 2. The highest BCUT2D eigenvalue weighted by Gasteiger charge is 2.58. The van der Waals surface area contributed by atoms with Gasteiger partial charge in [0.25, 0.3) is 0 Å².